The maximum absolute atomic E-state index is 12.2. The molecule has 1 aliphatic heterocycles. The Hall–Kier alpha value is -1.30. The van der Waals surface area contributed by atoms with Gasteiger partial charge in [-0.25, -0.2) is 4.79 Å². The average Bonchev–Trinajstić information content (AvgIpc) is 2.66. The van der Waals surface area contributed by atoms with E-state index in [1.165, 1.54) is 17.7 Å². The Morgan fingerprint density at radius 2 is 1.84 bits per heavy atom. The molecule has 1 N–H and O–H groups in total. The molecule has 6 heteroatoms. The number of urea groups is 1. The lowest BCUT2D eigenvalue weighted by Gasteiger charge is -2.26. The van der Waals surface area contributed by atoms with Gasteiger partial charge in [0.1, 0.15) is 6.54 Å². The summed E-state index contributed by atoms with van der Waals surface area (Å²) in [6.07, 6.45) is 4.48. The highest BCUT2D eigenvalue weighted by Crippen LogP contribution is 2.11. The van der Waals surface area contributed by atoms with Crippen molar-refractivity contribution in [2.24, 2.45) is 0 Å². The first-order valence-corrected chi connectivity index (χ1v) is 6.91. The molecule has 1 rings (SSSR count). The van der Waals surface area contributed by atoms with Crippen LogP contribution in [-0.4, -0.2) is 68.7 Å². The molecule has 1 fully saturated rings. The van der Waals surface area contributed by atoms with E-state index in [4.69, 9.17) is 4.74 Å². The molecule has 0 aliphatic carbocycles. The minimum atomic E-state index is -0.150. The Balaban J connectivity index is 2.32. The number of methoxy groups -OCH3 is 1. The van der Waals surface area contributed by atoms with Gasteiger partial charge >= 0.3 is 6.03 Å². The molecule has 0 saturated carbocycles. The van der Waals surface area contributed by atoms with E-state index in [-0.39, 0.29) is 18.5 Å². The van der Waals surface area contributed by atoms with Crippen LogP contribution in [0.25, 0.3) is 0 Å². The highest BCUT2D eigenvalue weighted by atomic mass is 16.5. The van der Waals surface area contributed by atoms with Crippen LogP contribution in [0, 0.1) is 0 Å². The number of carbonyl (C=O) groups is 2. The van der Waals surface area contributed by atoms with Crippen LogP contribution in [0.5, 0.6) is 0 Å². The van der Waals surface area contributed by atoms with Crippen LogP contribution in [0.3, 0.4) is 0 Å². The molecule has 0 aromatic carbocycles. The molecular formula is C13H25N3O3. The number of nitrogens with zero attached hydrogens (tertiary/aromatic N) is 2. The molecule has 1 saturated heterocycles. The van der Waals surface area contributed by atoms with E-state index >= 15 is 0 Å². The van der Waals surface area contributed by atoms with Gasteiger partial charge in [-0.3, -0.25) is 4.79 Å². The normalized spacial score (nSPS) is 15.8. The van der Waals surface area contributed by atoms with Crippen molar-refractivity contribution >= 4 is 11.9 Å². The highest BCUT2D eigenvalue weighted by molar-refractivity contribution is 5.83. The molecule has 0 aromatic heterocycles. The number of amides is 3. The second kappa shape index (κ2) is 8.74. The first-order chi connectivity index (χ1) is 9.15. The van der Waals surface area contributed by atoms with Gasteiger partial charge in [0.15, 0.2) is 0 Å². The molecule has 1 heterocycles. The van der Waals surface area contributed by atoms with Crippen LogP contribution in [0.15, 0.2) is 0 Å². The predicted molar refractivity (Wildman–Crippen MR) is 73.0 cm³/mol. The molecule has 0 aromatic rings. The van der Waals surface area contributed by atoms with E-state index in [9.17, 15) is 9.59 Å². The summed E-state index contributed by atoms with van der Waals surface area (Å²) >= 11 is 0. The molecular weight excluding hydrogens is 246 g/mol. The van der Waals surface area contributed by atoms with Crippen LogP contribution < -0.4 is 5.32 Å². The van der Waals surface area contributed by atoms with E-state index in [1.807, 2.05) is 4.90 Å². The number of ether oxygens (including phenoxy) is 1. The number of hydrogen-bond donors (Lipinski definition) is 1. The fraction of sp³-hybridized carbons (Fsp3) is 0.846. The summed E-state index contributed by atoms with van der Waals surface area (Å²) in [5.41, 5.74) is 0. The van der Waals surface area contributed by atoms with E-state index in [0.717, 1.165) is 25.9 Å². The van der Waals surface area contributed by atoms with Crippen molar-refractivity contribution in [1.82, 2.24) is 15.1 Å². The molecule has 110 valence electrons. The third-order valence-corrected chi connectivity index (χ3v) is 3.21. The van der Waals surface area contributed by atoms with Crippen molar-refractivity contribution in [2.75, 3.05) is 46.9 Å². The first-order valence-electron chi connectivity index (χ1n) is 6.91. The van der Waals surface area contributed by atoms with Crippen LogP contribution in [-0.2, 0) is 9.53 Å². The van der Waals surface area contributed by atoms with Crippen LogP contribution in [0.2, 0.25) is 0 Å². The van der Waals surface area contributed by atoms with Crippen molar-refractivity contribution in [3.63, 3.8) is 0 Å². The summed E-state index contributed by atoms with van der Waals surface area (Å²) in [4.78, 5) is 27.1. The zero-order valence-electron chi connectivity index (χ0n) is 12.0. The quantitative estimate of drug-likeness (QED) is 0.748. The molecule has 1 aliphatic rings. The topological polar surface area (TPSA) is 61.9 Å². The Bertz CT molecular complexity index is 289. The zero-order chi connectivity index (χ0) is 14.1. The summed E-state index contributed by atoms with van der Waals surface area (Å²) < 4.78 is 4.85. The minimum absolute atomic E-state index is 0.0520. The number of hydrogen-bond acceptors (Lipinski definition) is 3. The van der Waals surface area contributed by atoms with Gasteiger partial charge in [0.05, 0.1) is 6.61 Å². The Labute approximate surface area is 115 Å². The third kappa shape index (κ3) is 5.92. The van der Waals surface area contributed by atoms with E-state index in [0.29, 0.717) is 13.2 Å². The standard InChI is InChI=1S/C13H25N3O3/c1-15(11-12(17)14-7-10-19-2)13(18)16-8-5-3-4-6-9-16/h3-11H2,1-2H3,(H,14,17). The molecule has 0 spiro atoms. The van der Waals surface area contributed by atoms with Crippen molar-refractivity contribution in [3.05, 3.63) is 0 Å². The zero-order valence-corrected chi connectivity index (χ0v) is 12.0. The number of rotatable bonds is 5. The average molecular weight is 271 g/mol. The van der Waals surface area contributed by atoms with E-state index in [1.54, 1.807) is 14.2 Å². The largest absolute Gasteiger partial charge is 0.383 e. The number of likely N-dealkylation sites (N-methyl/N-ethyl adjacent to an activating group) is 1. The van der Waals surface area contributed by atoms with E-state index in [2.05, 4.69) is 5.32 Å². The summed E-state index contributed by atoms with van der Waals surface area (Å²) in [5, 5.41) is 2.71. The first kappa shape index (κ1) is 15.8. The SMILES string of the molecule is COCCNC(=O)CN(C)C(=O)N1CCCCCC1. The van der Waals surface area contributed by atoms with Crippen molar-refractivity contribution in [2.45, 2.75) is 25.7 Å². The molecule has 19 heavy (non-hydrogen) atoms. The van der Waals surface area contributed by atoms with Crippen molar-refractivity contribution in [1.29, 1.82) is 0 Å². The lowest BCUT2D eigenvalue weighted by Crippen LogP contribution is -2.46. The lowest BCUT2D eigenvalue weighted by molar-refractivity contribution is -0.121. The van der Waals surface area contributed by atoms with Gasteiger partial charge < -0.3 is 19.9 Å². The summed E-state index contributed by atoms with van der Waals surface area (Å²) in [5.74, 6) is -0.150. The van der Waals surface area contributed by atoms with Gasteiger partial charge in [0, 0.05) is 33.8 Å². The Morgan fingerprint density at radius 3 is 2.42 bits per heavy atom. The molecule has 0 radical (unpaired) electrons. The Kier molecular flexibility index (Phi) is 7.25. The predicted octanol–water partition coefficient (Wildman–Crippen LogP) is 0.677. The van der Waals surface area contributed by atoms with E-state index < -0.39 is 0 Å². The molecule has 6 nitrogen and oxygen atoms in total. The molecule has 0 bridgehead atoms. The van der Waals surface area contributed by atoms with Gasteiger partial charge in [0.2, 0.25) is 5.91 Å². The fourth-order valence-corrected chi connectivity index (χ4v) is 2.13. The van der Waals surface area contributed by atoms with Crippen molar-refractivity contribution in [3.8, 4) is 0 Å². The summed E-state index contributed by atoms with van der Waals surface area (Å²) in [6.45, 7) is 2.65. The van der Waals surface area contributed by atoms with Crippen LogP contribution in [0.1, 0.15) is 25.7 Å². The van der Waals surface area contributed by atoms with Crippen molar-refractivity contribution < 1.29 is 14.3 Å². The van der Waals surface area contributed by atoms with Crippen LogP contribution >= 0.6 is 0 Å². The van der Waals surface area contributed by atoms with Crippen LogP contribution in [0.4, 0.5) is 4.79 Å². The minimum Gasteiger partial charge on any atom is -0.383 e. The maximum Gasteiger partial charge on any atom is 0.320 e. The molecule has 3 amide bonds. The van der Waals surface area contributed by atoms with Gasteiger partial charge in [-0.15, -0.1) is 0 Å². The Morgan fingerprint density at radius 1 is 1.21 bits per heavy atom. The number of nitrogens with one attached hydrogen (secondary N) is 1. The molecule has 0 unspecified atom stereocenters. The maximum atomic E-state index is 12.2. The number of likely N-dealkylation sites (tertiary alicyclic amines) is 1. The van der Waals surface area contributed by atoms with Gasteiger partial charge in [-0.05, 0) is 12.8 Å². The number of carbonyl (C=O) groups excluding carboxylic acids is 2. The monoisotopic (exact) mass is 271 g/mol. The summed E-state index contributed by atoms with van der Waals surface area (Å²) in [6, 6.07) is -0.0520. The molecule has 0 atom stereocenters. The van der Waals surface area contributed by atoms with Gasteiger partial charge in [0.25, 0.3) is 0 Å². The van der Waals surface area contributed by atoms with Gasteiger partial charge in [-0.2, -0.15) is 0 Å². The second-order valence-corrected chi connectivity index (χ2v) is 4.88. The summed E-state index contributed by atoms with van der Waals surface area (Å²) in [7, 11) is 3.25. The smallest absolute Gasteiger partial charge is 0.320 e. The fourth-order valence-electron chi connectivity index (χ4n) is 2.13. The second-order valence-electron chi connectivity index (χ2n) is 4.88. The van der Waals surface area contributed by atoms with Gasteiger partial charge in [-0.1, -0.05) is 12.8 Å². The highest BCUT2D eigenvalue weighted by Gasteiger charge is 2.20. The lowest BCUT2D eigenvalue weighted by atomic mass is 10.2. The third-order valence-electron chi connectivity index (χ3n) is 3.21.